The van der Waals surface area contributed by atoms with Gasteiger partial charge in [-0.05, 0) is 18.6 Å². The fourth-order valence-electron chi connectivity index (χ4n) is 1.35. The van der Waals surface area contributed by atoms with Crippen molar-refractivity contribution in [1.82, 2.24) is 0 Å². The van der Waals surface area contributed by atoms with Crippen molar-refractivity contribution in [3.63, 3.8) is 0 Å². The van der Waals surface area contributed by atoms with Gasteiger partial charge in [-0.1, -0.05) is 23.2 Å². The van der Waals surface area contributed by atoms with E-state index in [1.54, 1.807) is 0 Å². The van der Waals surface area contributed by atoms with E-state index in [1.165, 1.54) is 19.2 Å². The summed E-state index contributed by atoms with van der Waals surface area (Å²) in [6, 6.07) is 3.04. The monoisotopic (exact) mass is 262 g/mol. The van der Waals surface area contributed by atoms with Gasteiger partial charge in [-0.15, -0.1) is 0 Å². The summed E-state index contributed by atoms with van der Waals surface area (Å²) in [5.74, 6) is 0.185. The van der Waals surface area contributed by atoms with Gasteiger partial charge in [0.25, 0.3) is 0 Å². The van der Waals surface area contributed by atoms with Crippen LogP contribution >= 0.6 is 23.2 Å². The van der Waals surface area contributed by atoms with Crippen molar-refractivity contribution in [3.05, 3.63) is 27.7 Å². The fraction of sp³-hybridized carbons (Fsp3) is 0.364. The van der Waals surface area contributed by atoms with Gasteiger partial charge in [0.05, 0.1) is 17.7 Å². The second kappa shape index (κ2) is 6.09. The molecule has 0 heterocycles. The summed E-state index contributed by atoms with van der Waals surface area (Å²) in [5.41, 5.74) is 0.355. The lowest BCUT2D eigenvalue weighted by molar-refractivity contribution is 0.0968. The van der Waals surface area contributed by atoms with E-state index >= 15 is 0 Å². The molecule has 1 aromatic carbocycles. The Hall–Kier alpha value is -0.770. The van der Waals surface area contributed by atoms with Crippen LogP contribution in [-0.2, 0) is 0 Å². The maximum atomic E-state index is 11.8. The zero-order valence-corrected chi connectivity index (χ0v) is 10.3. The van der Waals surface area contributed by atoms with Gasteiger partial charge in [0.2, 0.25) is 0 Å². The number of aliphatic hydroxyl groups is 1. The van der Waals surface area contributed by atoms with Crippen molar-refractivity contribution in [2.75, 3.05) is 13.7 Å². The highest BCUT2D eigenvalue weighted by Gasteiger charge is 2.16. The van der Waals surface area contributed by atoms with E-state index in [9.17, 15) is 4.79 Å². The van der Waals surface area contributed by atoms with Gasteiger partial charge in [0.15, 0.2) is 5.78 Å². The van der Waals surface area contributed by atoms with Crippen molar-refractivity contribution in [2.45, 2.75) is 12.8 Å². The van der Waals surface area contributed by atoms with Crippen molar-refractivity contribution in [2.24, 2.45) is 0 Å². The Morgan fingerprint density at radius 2 is 2.12 bits per heavy atom. The molecule has 0 aliphatic rings. The molecule has 16 heavy (non-hydrogen) atoms. The molecule has 1 aromatic rings. The van der Waals surface area contributed by atoms with E-state index < -0.39 is 0 Å². The Balaban J connectivity index is 3.05. The lowest BCUT2D eigenvalue weighted by Gasteiger charge is -2.09. The molecule has 0 saturated heterocycles. The Bertz CT molecular complexity index is 391. The maximum absolute atomic E-state index is 11.8. The smallest absolute Gasteiger partial charge is 0.166 e. The highest BCUT2D eigenvalue weighted by molar-refractivity contribution is 6.36. The van der Waals surface area contributed by atoms with E-state index in [1.807, 2.05) is 0 Å². The summed E-state index contributed by atoms with van der Waals surface area (Å²) in [7, 11) is 1.44. The van der Waals surface area contributed by atoms with Crippen molar-refractivity contribution in [3.8, 4) is 5.75 Å². The number of ketones is 1. The normalized spacial score (nSPS) is 10.2. The van der Waals surface area contributed by atoms with Crippen LogP contribution in [0.15, 0.2) is 12.1 Å². The molecule has 3 nitrogen and oxygen atoms in total. The fourth-order valence-corrected chi connectivity index (χ4v) is 1.92. The zero-order valence-electron chi connectivity index (χ0n) is 8.80. The summed E-state index contributed by atoms with van der Waals surface area (Å²) in [5, 5.41) is 9.36. The van der Waals surface area contributed by atoms with Crippen molar-refractivity contribution >= 4 is 29.0 Å². The molecule has 5 heteroatoms. The number of halogens is 2. The van der Waals surface area contributed by atoms with Crippen LogP contribution in [0.4, 0.5) is 0 Å². The molecule has 88 valence electrons. The first-order valence-electron chi connectivity index (χ1n) is 4.77. The van der Waals surface area contributed by atoms with Gasteiger partial charge < -0.3 is 9.84 Å². The second-order valence-corrected chi connectivity index (χ2v) is 4.06. The van der Waals surface area contributed by atoms with E-state index in [2.05, 4.69) is 0 Å². The molecule has 0 bridgehead atoms. The van der Waals surface area contributed by atoms with Crippen LogP contribution < -0.4 is 4.74 Å². The molecule has 0 amide bonds. The topological polar surface area (TPSA) is 46.5 Å². The lowest BCUT2D eigenvalue weighted by Crippen LogP contribution is -2.03. The van der Waals surface area contributed by atoms with Crippen LogP contribution in [-0.4, -0.2) is 24.6 Å². The molecule has 0 aromatic heterocycles. The third kappa shape index (κ3) is 3.11. The summed E-state index contributed by atoms with van der Waals surface area (Å²) in [6.07, 6.45) is 0.648. The molecule has 0 spiro atoms. The minimum Gasteiger partial charge on any atom is -0.494 e. The first kappa shape index (κ1) is 13.3. The number of hydrogen-bond donors (Lipinski definition) is 1. The zero-order chi connectivity index (χ0) is 12.1. The van der Waals surface area contributed by atoms with Gasteiger partial charge in [-0.2, -0.15) is 0 Å². The van der Waals surface area contributed by atoms with Gasteiger partial charge in [-0.3, -0.25) is 4.79 Å². The number of rotatable bonds is 5. The molecule has 0 aliphatic heterocycles. The van der Waals surface area contributed by atoms with Gasteiger partial charge >= 0.3 is 0 Å². The number of carbonyl (C=O) groups excluding carboxylic acids is 1. The highest BCUT2D eigenvalue weighted by Crippen LogP contribution is 2.32. The molecule has 0 atom stereocenters. The number of benzene rings is 1. The number of ether oxygens (including phenoxy) is 1. The second-order valence-electron chi connectivity index (χ2n) is 3.22. The van der Waals surface area contributed by atoms with Gasteiger partial charge in [0.1, 0.15) is 5.75 Å². The van der Waals surface area contributed by atoms with Crippen LogP contribution in [0, 0.1) is 0 Å². The van der Waals surface area contributed by atoms with Crippen LogP contribution in [0.2, 0.25) is 10.0 Å². The standard InChI is InChI=1S/C11H12Cl2O3/c1-16-11-8(10(15)3-2-4-14)5-7(12)6-9(11)13/h5-6,14H,2-4H2,1H3. The molecule has 0 radical (unpaired) electrons. The SMILES string of the molecule is COc1c(Cl)cc(Cl)cc1C(=O)CCCO. The molecular weight excluding hydrogens is 251 g/mol. The third-order valence-electron chi connectivity index (χ3n) is 2.07. The van der Waals surface area contributed by atoms with E-state index in [-0.39, 0.29) is 18.8 Å². The number of methoxy groups -OCH3 is 1. The molecule has 1 rings (SSSR count). The van der Waals surface area contributed by atoms with E-state index in [0.717, 1.165) is 0 Å². The Labute approximate surface area is 104 Å². The average molecular weight is 263 g/mol. The van der Waals surface area contributed by atoms with Crippen LogP contribution in [0.3, 0.4) is 0 Å². The maximum Gasteiger partial charge on any atom is 0.166 e. The molecule has 1 N–H and O–H groups in total. The number of Topliss-reactive ketones (excluding diaryl/α,β-unsaturated/α-hetero) is 1. The molecule has 0 fully saturated rings. The van der Waals surface area contributed by atoms with E-state index in [4.69, 9.17) is 33.0 Å². The first-order chi connectivity index (χ1) is 7.60. The highest BCUT2D eigenvalue weighted by atomic mass is 35.5. The quantitative estimate of drug-likeness (QED) is 0.831. The average Bonchev–Trinajstić information content (AvgIpc) is 2.24. The van der Waals surface area contributed by atoms with Crippen molar-refractivity contribution < 1.29 is 14.6 Å². The van der Waals surface area contributed by atoms with Crippen LogP contribution in [0.5, 0.6) is 5.75 Å². The molecule has 0 aliphatic carbocycles. The summed E-state index contributed by atoms with van der Waals surface area (Å²) in [4.78, 5) is 11.8. The van der Waals surface area contributed by atoms with E-state index in [0.29, 0.717) is 27.8 Å². The molecule has 0 saturated carbocycles. The van der Waals surface area contributed by atoms with Gasteiger partial charge in [-0.25, -0.2) is 0 Å². The van der Waals surface area contributed by atoms with Gasteiger partial charge in [0, 0.05) is 18.1 Å². The number of aliphatic hydroxyl groups excluding tert-OH is 1. The predicted molar refractivity (Wildman–Crippen MR) is 63.7 cm³/mol. The minimum atomic E-state index is -0.143. The summed E-state index contributed by atoms with van der Waals surface area (Å²) in [6.45, 7) is -0.0254. The Morgan fingerprint density at radius 1 is 1.44 bits per heavy atom. The van der Waals surface area contributed by atoms with Crippen molar-refractivity contribution in [1.29, 1.82) is 0 Å². The number of carbonyl (C=O) groups is 1. The number of hydrogen-bond acceptors (Lipinski definition) is 3. The first-order valence-corrected chi connectivity index (χ1v) is 5.52. The van der Waals surface area contributed by atoms with Crippen LogP contribution in [0.1, 0.15) is 23.2 Å². The third-order valence-corrected chi connectivity index (χ3v) is 2.57. The molecular formula is C11H12Cl2O3. The minimum absolute atomic E-state index is 0.0254. The largest absolute Gasteiger partial charge is 0.494 e. The lowest BCUT2D eigenvalue weighted by atomic mass is 10.1. The Morgan fingerprint density at radius 3 is 2.69 bits per heavy atom. The molecule has 0 unspecified atom stereocenters. The Kier molecular flexibility index (Phi) is 5.06. The van der Waals surface area contributed by atoms with Crippen LogP contribution in [0.25, 0.3) is 0 Å². The summed E-state index contributed by atoms with van der Waals surface area (Å²) < 4.78 is 5.06. The predicted octanol–water partition coefficient (Wildman–Crippen LogP) is 2.96. The summed E-state index contributed by atoms with van der Waals surface area (Å²) >= 11 is 11.7.